The molecule has 4 aliphatic rings. The molecule has 0 spiro atoms. The van der Waals surface area contributed by atoms with E-state index >= 15 is 0 Å². The molecule has 4 fully saturated rings. The maximum absolute atomic E-state index is 6.13. The maximum Gasteiger partial charge on any atom is 0.276 e. The predicted molar refractivity (Wildman–Crippen MR) is 102 cm³/mol. The average molecular weight is 371 g/mol. The molecule has 1 aromatic heterocycles. The zero-order chi connectivity index (χ0) is 17.6. The molecule has 26 heavy (non-hydrogen) atoms. The molecule has 1 aromatic carbocycles. The van der Waals surface area contributed by atoms with Crippen LogP contribution in [0.25, 0.3) is 0 Å². The first-order valence-electron chi connectivity index (χ1n) is 9.85. The first kappa shape index (κ1) is 16.7. The van der Waals surface area contributed by atoms with Gasteiger partial charge in [0.25, 0.3) is 5.22 Å². The second kappa shape index (κ2) is 6.59. The second-order valence-corrected chi connectivity index (χ2v) is 9.63. The summed E-state index contributed by atoms with van der Waals surface area (Å²) >= 11 is 1.60. The predicted octanol–water partition coefficient (Wildman–Crippen LogP) is 5.02. The van der Waals surface area contributed by atoms with E-state index in [2.05, 4.69) is 29.3 Å². The first-order chi connectivity index (χ1) is 12.7. The Morgan fingerprint density at radius 3 is 2.54 bits per heavy atom. The standard InChI is InChI=1S/C21H26N2O2S/c1-14-3-2-4-18(7-14)24-5-6-26-20-23-22-19(25-20)21-11-15-8-16(12-21)10-17(9-15)13-21/h2-4,7,15-17H,5-6,8-13H2,1H3. The number of hydrogen-bond acceptors (Lipinski definition) is 5. The fraction of sp³-hybridized carbons (Fsp3) is 0.619. The normalized spacial score (nSPS) is 32.1. The number of aryl methyl sites for hydroxylation is 1. The lowest BCUT2D eigenvalue weighted by Gasteiger charge is -2.55. The van der Waals surface area contributed by atoms with Crippen LogP contribution in [0.1, 0.15) is 50.0 Å². The van der Waals surface area contributed by atoms with Crippen LogP contribution in [0.4, 0.5) is 0 Å². The van der Waals surface area contributed by atoms with Gasteiger partial charge in [0.05, 0.1) is 6.61 Å². The van der Waals surface area contributed by atoms with Gasteiger partial charge in [-0.25, -0.2) is 0 Å². The van der Waals surface area contributed by atoms with E-state index < -0.39 is 0 Å². The van der Waals surface area contributed by atoms with E-state index in [1.165, 1.54) is 44.1 Å². The van der Waals surface area contributed by atoms with E-state index in [0.717, 1.165) is 35.1 Å². The molecule has 1 heterocycles. The van der Waals surface area contributed by atoms with E-state index in [-0.39, 0.29) is 5.41 Å². The number of thioether (sulfide) groups is 1. The zero-order valence-electron chi connectivity index (χ0n) is 15.3. The molecular weight excluding hydrogens is 344 g/mol. The fourth-order valence-corrected chi connectivity index (χ4v) is 6.43. The van der Waals surface area contributed by atoms with Crippen molar-refractivity contribution in [3.8, 4) is 5.75 Å². The summed E-state index contributed by atoms with van der Waals surface area (Å²) in [5.74, 6) is 5.34. The summed E-state index contributed by atoms with van der Waals surface area (Å²) in [6.45, 7) is 2.72. The number of rotatable bonds is 6. The molecule has 4 aliphatic carbocycles. The van der Waals surface area contributed by atoms with E-state index in [1.807, 2.05) is 12.1 Å². The van der Waals surface area contributed by atoms with E-state index in [1.54, 1.807) is 11.8 Å². The molecule has 138 valence electrons. The summed E-state index contributed by atoms with van der Waals surface area (Å²) in [6.07, 6.45) is 8.10. The molecule has 0 radical (unpaired) electrons. The van der Waals surface area contributed by atoms with Gasteiger partial charge in [0, 0.05) is 11.2 Å². The Labute approximate surface area is 159 Å². The highest BCUT2D eigenvalue weighted by molar-refractivity contribution is 7.99. The molecule has 0 saturated heterocycles. The Kier molecular flexibility index (Phi) is 4.23. The van der Waals surface area contributed by atoms with Gasteiger partial charge in [-0.2, -0.15) is 0 Å². The van der Waals surface area contributed by atoms with Gasteiger partial charge < -0.3 is 9.15 Å². The van der Waals surface area contributed by atoms with E-state index in [0.29, 0.717) is 11.8 Å². The number of hydrogen-bond donors (Lipinski definition) is 0. The van der Waals surface area contributed by atoms with Gasteiger partial charge in [0.15, 0.2) is 0 Å². The summed E-state index contributed by atoms with van der Waals surface area (Å²) < 4.78 is 11.9. The number of benzene rings is 1. The van der Waals surface area contributed by atoms with Crippen molar-refractivity contribution in [1.82, 2.24) is 10.2 Å². The molecule has 6 rings (SSSR count). The Hall–Kier alpha value is -1.49. The van der Waals surface area contributed by atoms with Gasteiger partial charge >= 0.3 is 0 Å². The van der Waals surface area contributed by atoms with Crippen molar-refractivity contribution in [2.24, 2.45) is 17.8 Å². The smallest absolute Gasteiger partial charge is 0.276 e. The molecule has 4 bridgehead atoms. The van der Waals surface area contributed by atoms with Crippen LogP contribution >= 0.6 is 11.8 Å². The van der Waals surface area contributed by atoms with Crippen LogP contribution in [0, 0.1) is 24.7 Å². The van der Waals surface area contributed by atoms with Crippen LogP contribution in [0.2, 0.25) is 0 Å². The Balaban J connectivity index is 1.18. The lowest BCUT2D eigenvalue weighted by molar-refractivity contribution is -0.0191. The summed E-state index contributed by atoms with van der Waals surface area (Å²) in [7, 11) is 0. The third-order valence-electron chi connectivity index (χ3n) is 6.47. The number of nitrogens with zero attached hydrogens (tertiary/aromatic N) is 2. The minimum atomic E-state index is 0.193. The average Bonchev–Trinajstić information content (AvgIpc) is 3.07. The van der Waals surface area contributed by atoms with Gasteiger partial charge in [-0.15, -0.1) is 10.2 Å². The van der Waals surface area contributed by atoms with Crippen molar-refractivity contribution >= 4 is 11.8 Å². The minimum Gasteiger partial charge on any atom is -0.493 e. The van der Waals surface area contributed by atoms with Crippen LogP contribution in [-0.2, 0) is 5.41 Å². The quantitative estimate of drug-likeness (QED) is 0.528. The largest absolute Gasteiger partial charge is 0.493 e. The molecule has 0 N–H and O–H groups in total. The topological polar surface area (TPSA) is 48.2 Å². The zero-order valence-corrected chi connectivity index (χ0v) is 16.1. The SMILES string of the molecule is Cc1cccc(OCCSc2nnc(C34CC5CC(CC(C5)C3)C4)o2)c1. The summed E-state index contributed by atoms with van der Waals surface area (Å²) in [4.78, 5) is 0. The third-order valence-corrected chi connectivity index (χ3v) is 7.25. The van der Waals surface area contributed by atoms with Gasteiger partial charge in [0.1, 0.15) is 5.75 Å². The highest BCUT2D eigenvalue weighted by Crippen LogP contribution is 2.60. The van der Waals surface area contributed by atoms with Crippen LogP contribution in [0.15, 0.2) is 33.9 Å². The van der Waals surface area contributed by atoms with Crippen LogP contribution in [0.3, 0.4) is 0 Å². The molecule has 0 aliphatic heterocycles. The molecule has 0 unspecified atom stereocenters. The highest BCUT2D eigenvalue weighted by atomic mass is 32.2. The summed E-state index contributed by atoms with van der Waals surface area (Å²) in [5.41, 5.74) is 1.41. The molecule has 0 amide bonds. The molecular formula is C21H26N2O2S. The third kappa shape index (κ3) is 3.15. The number of ether oxygens (including phenoxy) is 1. The highest BCUT2D eigenvalue weighted by Gasteiger charge is 2.54. The second-order valence-electron chi connectivity index (χ2n) is 8.58. The van der Waals surface area contributed by atoms with Crippen molar-refractivity contribution in [3.63, 3.8) is 0 Å². The van der Waals surface area contributed by atoms with E-state index in [4.69, 9.17) is 9.15 Å². The summed E-state index contributed by atoms with van der Waals surface area (Å²) in [5, 5.41) is 9.50. The van der Waals surface area contributed by atoms with Gasteiger partial charge in [-0.3, -0.25) is 0 Å². The van der Waals surface area contributed by atoms with Crippen molar-refractivity contribution in [1.29, 1.82) is 0 Å². The van der Waals surface area contributed by atoms with Crippen LogP contribution < -0.4 is 4.74 Å². The molecule has 0 atom stereocenters. The van der Waals surface area contributed by atoms with Crippen molar-refractivity contribution in [3.05, 3.63) is 35.7 Å². The van der Waals surface area contributed by atoms with Gasteiger partial charge in [-0.1, -0.05) is 23.9 Å². The van der Waals surface area contributed by atoms with Crippen molar-refractivity contribution in [2.75, 3.05) is 12.4 Å². The minimum absolute atomic E-state index is 0.193. The number of aromatic nitrogens is 2. The molecule has 4 nitrogen and oxygen atoms in total. The van der Waals surface area contributed by atoms with Gasteiger partial charge in [-0.05, 0) is 80.9 Å². The van der Waals surface area contributed by atoms with Crippen molar-refractivity contribution in [2.45, 2.75) is 56.1 Å². The van der Waals surface area contributed by atoms with Crippen LogP contribution in [0.5, 0.6) is 5.75 Å². The monoisotopic (exact) mass is 370 g/mol. The van der Waals surface area contributed by atoms with Crippen LogP contribution in [-0.4, -0.2) is 22.6 Å². The Bertz CT molecular complexity index is 753. The van der Waals surface area contributed by atoms with Gasteiger partial charge in [0.2, 0.25) is 5.89 Å². The van der Waals surface area contributed by atoms with E-state index in [9.17, 15) is 0 Å². The fourth-order valence-electron chi connectivity index (χ4n) is 5.85. The lowest BCUT2D eigenvalue weighted by atomic mass is 9.49. The maximum atomic E-state index is 6.13. The summed E-state index contributed by atoms with van der Waals surface area (Å²) in [6, 6.07) is 8.15. The Morgan fingerprint density at radius 1 is 1.12 bits per heavy atom. The first-order valence-corrected chi connectivity index (χ1v) is 10.8. The lowest BCUT2D eigenvalue weighted by Crippen LogP contribution is -2.48. The van der Waals surface area contributed by atoms with Crippen molar-refractivity contribution < 1.29 is 9.15 Å². The molecule has 2 aromatic rings. The molecule has 4 saturated carbocycles. The molecule has 5 heteroatoms. The Morgan fingerprint density at radius 2 is 1.85 bits per heavy atom.